The van der Waals surface area contributed by atoms with Gasteiger partial charge in [-0.2, -0.15) is 13.2 Å². The fraction of sp³-hybridized carbons (Fsp3) is 0.500. The third kappa shape index (κ3) is 2.28. The molecule has 0 aliphatic carbocycles. The van der Waals surface area contributed by atoms with E-state index in [4.69, 9.17) is 10.5 Å². The van der Waals surface area contributed by atoms with Crippen molar-refractivity contribution in [2.24, 2.45) is 0 Å². The first-order valence-corrected chi connectivity index (χ1v) is 5.06. The number of pyridine rings is 1. The van der Waals surface area contributed by atoms with Gasteiger partial charge in [0, 0.05) is 12.8 Å². The summed E-state index contributed by atoms with van der Waals surface area (Å²) in [4.78, 5) is 11.6. The number of rotatable bonds is 1. The first-order valence-electron chi connectivity index (χ1n) is 5.06. The van der Waals surface area contributed by atoms with E-state index in [2.05, 4.69) is 0 Å². The molecule has 1 aliphatic heterocycles. The second-order valence-corrected chi connectivity index (χ2v) is 3.91. The Kier molecular flexibility index (Phi) is 2.86. The summed E-state index contributed by atoms with van der Waals surface area (Å²) in [7, 11) is 0. The molecule has 1 aromatic rings. The van der Waals surface area contributed by atoms with Crippen molar-refractivity contribution in [3.8, 4) is 0 Å². The zero-order valence-electron chi connectivity index (χ0n) is 8.83. The average molecular weight is 248 g/mol. The smallest absolute Gasteiger partial charge is 0.394 e. The third-order valence-electron chi connectivity index (χ3n) is 2.70. The summed E-state index contributed by atoms with van der Waals surface area (Å²) in [5, 5.41) is 0. The van der Waals surface area contributed by atoms with Crippen LogP contribution in [-0.2, 0) is 10.9 Å². The van der Waals surface area contributed by atoms with Gasteiger partial charge in [-0.1, -0.05) is 0 Å². The zero-order valence-corrected chi connectivity index (χ0v) is 8.83. The normalized spacial score (nSPS) is 20.8. The molecular weight excluding hydrogens is 237 g/mol. The van der Waals surface area contributed by atoms with E-state index in [9.17, 15) is 18.0 Å². The van der Waals surface area contributed by atoms with Crippen LogP contribution >= 0.6 is 0 Å². The van der Waals surface area contributed by atoms with Crippen LogP contribution in [0.2, 0.25) is 0 Å². The largest absolute Gasteiger partial charge is 0.417 e. The lowest BCUT2D eigenvalue weighted by atomic mass is 10.2. The van der Waals surface area contributed by atoms with E-state index in [1.165, 1.54) is 0 Å². The maximum Gasteiger partial charge on any atom is 0.417 e. The second-order valence-electron chi connectivity index (χ2n) is 3.91. The molecule has 1 aliphatic rings. The van der Waals surface area contributed by atoms with E-state index in [-0.39, 0.29) is 12.6 Å². The highest BCUT2D eigenvalue weighted by atomic mass is 19.4. The number of ether oxygens (including phenoxy) is 1. The molecule has 0 amide bonds. The van der Waals surface area contributed by atoms with Crippen molar-refractivity contribution >= 4 is 5.69 Å². The van der Waals surface area contributed by atoms with Gasteiger partial charge in [0.05, 0.1) is 23.9 Å². The van der Waals surface area contributed by atoms with Crippen molar-refractivity contribution in [3.63, 3.8) is 0 Å². The van der Waals surface area contributed by atoms with Crippen LogP contribution < -0.4 is 11.3 Å². The molecule has 0 spiro atoms. The number of aromatic nitrogens is 1. The Bertz CT molecular complexity index is 475. The average Bonchev–Trinajstić information content (AvgIpc) is 2.73. The summed E-state index contributed by atoms with van der Waals surface area (Å²) < 4.78 is 43.8. The molecule has 1 fully saturated rings. The van der Waals surface area contributed by atoms with E-state index in [1.54, 1.807) is 0 Å². The number of hydrogen-bond acceptors (Lipinski definition) is 3. The summed E-state index contributed by atoms with van der Waals surface area (Å²) in [6.45, 7) is 0.675. The summed E-state index contributed by atoms with van der Waals surface area (Å²) in [5.74, 6) is 0. The van der Waals surface area contributed by atoms with Crippen LogP contribution in [0.3, 0.4) is 0 Å². The molecule has 0 aromatic carbocycles. The Morgan fingerprint density at radius 3 is 2.71 bits per heavy atom. The molecule has 0 radical (unpaired) electrons. The predicted octanol–water partition coefficient (Wildman–Crippen LogP) is 1.41. The van der Waals surface area contributed by atoms with Crippen LogP contribution in [0, 0.1) is 0 Å². The van der Waals surface area contributed by atoms with Crippen LogP contribution in [0.25, 0.3) is 0 Å². The highest BCUT2D eigenvalue weighted by molar-refractivity contribution is 5.39. The van der Waals surface area contributed by atoms with Gasteiger partial charge < -0.3 is 15.0 Å². The van der Waals surface area contributed by atoms with Crippen molar-refractivity contribution in [1.82, 2.24) is 4.57 Å². The molecule has 7 heteroatoms. The molecule has 1 aromatic heterocycles. The minimum absolute atomic E-state index is 0.237. The molecule has 1 atom stereocenters. The standard InChI is InChI=1S/C10H11F3N2O2/c11-10(12,13)6-3-8(14)9(16)15(4-6)7-1-2-17-5-7/h3-4,7H,1-2,5,14H2. The molecule has 94 valence electrons. The van der Waals surface area contributed by atoms with E-state index in [0.717, 1.165) is 10.8 Å². The lowest BCUT2D eigenvalue weighted by Gasteiger charge is -2.16. The van der Waals surface area contributed by atoms with Crippen LogP contribution in [0.5, 0.6) is 0 Å². The number of nitrogens with zero attached hydrogens (tertiary/aromatic N) is 1. The molecule has 17 heavy (non-hydrogen) atoms. The number of hydrogen-bond donors (Lipinski definition) is 1. The number of halogens is 3. The van der Waals surface area contributed by atoms with Gasteiger partial charge in [0.1, 0.15) is 0 Å². The maximum absolute atomic E-state index is 12.6. The first-order chi connectivity index (χ1) is 7.89. The predicted molar refractivity (Wildman–Crippen MR) is 54.6 cm³/mol. The van der Waals surface area contributed by atoms with Crippen molar-refractivity contribution in [2.75, 3.05) is 18.9 Å². The van der Waals surface area contributed by atoms with Crippen molar-refractivity contribution in [3.05, 3.63) is 28.2 Å². The van der Waals surface area contributed by atoms with Crippen molar-refractivity contribution in [1.29, 1.82) is 0 Å². The molecule has 1 saturated heterocycles. The molecule has 2 N–H and O–H groups in total. The number of nitrogens with two attached hydrogens (primary N) is 1. The molecular formula is C10H11F3N2O2. The Labute approximate surface area is 94.8 Å². The van der Waals surface area contributed by atoms with Crippen molar-refractivity contribution < 1.29 is 17.9 Å². The summed E-state index contributed by atoms with van der Waals surface area (Å²) in [5.41, 5.74) is 3.40. The lowest BCUT2D eigenvalue weighted by Crippen LogP contribution is -2.28. The van der Waals surface area contributed by atoms with Crippen LogP contribution in [-0.4, -0.2) is 17.8 Å². The third-order valence-corrected chi connectivity index (χ3v) is 2.70. The first kappa shape index (κ1) is 12.0. The highest BCUT2D eigenvalue weighted by Gasteiger charge is 2.33. The fourth-order valence-corrected chi connectivity index (χ4v) is 1.79. The van der Waals surface area contributed by atoms with Gasteiger partial charge in [-0.3, -0.25) is 4.79 Å². The van der Waals surface area contributed by atoms with Gasteiger partial charge in [0.2, 0.25) is 0 Å². The number of anilines is 1. The number of alkyl halides is 3. The lowest BCUT2D eigenvalue weighted by molar-refractivity contribution is -0.138. The van der Waals surface area contributed by atoms with Crippen LogP contribution in [0.15, 0.2) is 17.1 Å². The van der Waals surface area contributed by atoms with Gasteiger partial charge in [-0.05, 0) is 12.5 Å². The summed E-state index contributed by atoms with van der Waals surface area (Å²) in [6, 6.07) is 0.293. The van der Waals surface area contributed by atoms with Gasteiger partial charge in [0.15, 0.2) is 0 Å². The quantitative estimate of drug-likeness (QED) is 0.817. The summed E-state index contributed by atoms with van der Waals surface area (Å²) in [6.07, 6.45) is -3.19. The van der Waals surface area contributed by atoms with E-state index < -0.39 is 23.0 Å². The molecule has 0 bridgehead atoms. The molecule has 2 rings (SSSR count). The van der Waals surface area contributed by atoms with Crippen LogP contribution in [0.4, 0.5) is 18.9 Å². The molecule has 0 saturated carbocycles. The van der Waals surface area contributed by atoms with E-state index in [1.807, 2.05) is 0 Å². The zero-order chi connectivity index (χ0) is 12.6. The summed E-state index contributed by atoms with van der Waals surface area (Å²) >= 11 is 0. The van der Waals surface area contributed by atoms with Crippen LogP contribution in [0.1, 0.15) is 18.0 Å². The Morgan fingerprint density at radius 2 is 2.18 bits per heavy atom. The van der Waals surface area contributed by atoms with E-state index >= 15 is 0 Å². The second kappa shape index (κ2) is 4.06. The highest BCUT2D eigenvalue weighted by Crippen LogP contribution is 2.30. The fourth-order valence-electron chi connectivity index (χ4n) is 1.79. The minimum atomic E-state index is -4.51. The van der Waals surface area contributed by atoms with Gasteiger partial charge in [-0.25, -0.2) is 0 Å². The van der Waals surface area contributed by atoms with E-state index in [0.29, 0.717) is 19.1 Å². The van der Waals surface area contributed by atoms with Gasteiger partial charge >= 0.3 is 6.18 Å². The molecule has 1 unspecified atom stereocenters. The Morgan fingerprint density at radius 1 is 1.47 bits per heavy atom. The Hall–Kier alpha value is -1.50. The van der Waals surface area contributed by atoms with Gasteiger partial charge in [0.25, 0.3) is 5.56 Å². The topological polar surface area (TPSA) is 57.2 Å². The minimum Gasteiger partial charge on any atom is -0.394 e. The molecule has 4 nitrogen and oxygen atoms in total. The monoisotopic (exact) mass is 248 g/mol. The van der Waals surface area contributed by atoms with Gasteiger partial charge in [-0.15, -0.1) is 0 Å². The Balaban J connectivity index is 2.50. The molecule has 2 heterocycles. The maximum atomic E-state index is 12.6. The van der Waals surface area contributed by atoms with Crippen molar-refractivity contribution in [2.45, 2.75) is 18.6 Å². The number of nitrogen functional groups attached to an aromatic ring is 1. The SMILES string of the molecule is Nc1cc(C(F)(F)F)cn(C2CCOC2)c1=O.